The number of nitrogens with zero attached hydrogens (tertiary/aromatic N) is 2. The molecule has 0 radical (unpaired) electrons. The average Bonchev–Trinajstić information content (AvgIpc) is 2.48. The van der Waals surface area contributed by atoms with Gasteiger partial charge in [-0.15, -0.1) is 0 Å². The van der Waals surface area contributed by atoms with Crippen LogP contribution in [0.15, 0.2) is 4.42 Å². The zero-order chi connectivity index (χ0) is 10.1. The van der Waals surface area contributed by atoms with E-state index in [1.807, 2.05) is 13.8 Å². The van der Waals surface area contributed by atoms with E-state index in [0.29, 0.717) is 6.04 Å². The second-order valence-electron chi connectivity index (χ2n) is 3.96. The third-order valence-corrected chi connectivity index (χ3v) is 2.83. The molecule has 14 heavy (non-hydrogen) atoms. The second-order valence-corrected chi connectivity index (χ2v) is 3.96. The number of hydrogen-bond donors (Lipinski definition) is 1. The van der Waals surface area contributed by atoms with Gasteiger partial charge in [-0.1, -0.05) is 0 Å². The minimum Gasteiger partial charge on any atom is -0.429 e. The van der Waals surface area contributed by atoms with E-state index >= 15 is 0 Å². The van der Waals surface area contributed by atoms with Gasteiger partial charge in [0, 0.05) is 19.1 Å². The lowest BCUT2D eigenvalue weighted by atomic mass is 10.1. The lowest BCUT2D eigenvalue weighted by molar-refractivity contribution is 0.449. The number of aryl methyl sites for hydroxylation is 2. The van der Waals surface area contributed by atoms with Crippen molar-refractivity contribution in [2.75, 3.05) is 18.0 Å². The van der Waals surface area contributed by atoms with Gasteiger partial charge in [-0.05, 0) is 26.7 Å². The maximum absolute atomic E-state index is 5.83. The molecule has 4 heteroatoms. The Bertz CT molecular complexity index is 294. The van der Waals surface area contributed by atoms with Crippen molar-refractivity contribution in [2.24, 2.45) is 5.73 Å². The first-order valence-electron chi connectivity index (χ1n) is 5.11. The zero-order valence-electron chi connectivity index (χ0n) is 8.79. The maximum Gasteiger partial charge on any atom is 0.297 e. The summed E-state index contributed by atoms with van der Waals surface area (Å²) in [5.41, 5.74) is 6.81. The van der Waals surface area contributed by atoms with Crippen molar-refractivity contribution in [1.82, 2.24) is 4.98 Å². The van der Waals surface area contributed by atoms with Gasteiger partial charge in [0.1, 0.15) is 5.76 Å². The van der Waals surface area contributed by atoms with E-state index in [4.69, 9.17) is 10.2 Å². The molecule has 0 unspecified atom stereocenters. The number of nitrogens with two attached hydrogens (primary N) is 1. The van der Waals surface area contributed by atoms with Crippen LogP contribution in [0.25, 0.3) is 0 Å². The molecule has 4 nitrogen and oxygen atoms in total. The largest absolute Gasteiger partial charge is 0.429 e. The molecule has 1 fully saturated rings. The third-order valence-electron chi connectivity index (χ3n) is 2.83. The van der Waals surface area contributed by atoms with Gasteiger partial charge in [0.05, 0.1) is 5.69 Å². The fourth-order valence-corrected chi connectivity index (χ4v) is 1.68. The van der Waals surface area contributed by atoms with Crippen LogP contribution in [0, 0.1) is 13.8 Å². The van der Waals surface area contributed by atoms with E-state index in [1.54, 1.807) is 0 Å². The fourth-order valence-electron chi connectivity index (χ4n) is 1.68. The normalized spacial score (nSPS) is 18.9. The van der Waals surface area contributed by atoms with Crippen molar-refractivity contribution in [3.63, 3.8) is 0 Å². The van der Waals surface area contributed by atoms with E-state index in [1.165, 1.54) is 0 Å². The van der Waals surface area contributed by atoms with Crippen LogP contribution >= 0.6 is 0 Å². The van der Waals surface area contributed by atoms with Gasteiger partial charge in [-0.2, -0.15) is 4.98 Å². The molecule has 0 atom stereocenters. The van der Waals surface area contributed by atoms with Crippen molar-refractivity contribution in [2.45, 2.75) is 32.7 Å². The SMILES string of the molecule is Cc1nc(N2CCC(N)CC2)oc1C. The van der Waals surface area contributed by atoms with Gasteiger partial charge in [0.15, 0.2) is 0 Å². The summed E-state index contributed by atoms with van der Waals surface area (Å²) in [4.78, 5) is 6.55. The monoisotopic (exact) mass is 195 g/mol. The summed E-state index contributed by atoms with van der Waals surface area (Å²) in [5.74, 6) is 0.912. The Morgan fingerprint density at radius 1 is 1.36 bits per heavy atom. The maximum atomic E-state index is 5.83. The molecule has 0 spiro atoms. The quantitative estimate of drug-likeness (QED) is 0.732. The molecule has 0 saturated carbocycles. The summed E-state index contributed by atoms with van der Waals surface area (Å²) >= 11 is 0. The lowest BCUT2D eigenvalue weighted by Gasteiger charge is -2.28. The van der Waals surface area contributed by atoms with Crippen molar-refractivity contribution < 1.29 is 4.42 Å². The predicted octanol–water partition coefficient (Wildman–Crippen LogP) is 1.22. The molecule has 1 saturated heterocycles. The first-order chi connectivity index (χ1) is 6.66. The van der Waals surface area contributed by atoms with E-state index < -0.39 is 0 Å². The summed E-state index contributed by atoms with van der Waals surface area (Å²) in [6, 6.07) is 1.11. The summed E-state index contributed by atoms with van der Waals surface area (Å²) in [6.45, 7) is 5.83. The minimum atomic E-state index is 0.350. The highest BCUT2D eigenvalue weighted by atomic mass is 16.4. The summed E-state index contributed by atoms with van der Waals surface area (Å²) in [6.07, 6.45) is 2.06. The molecule has 0 aliphatic carbocycles. The number of aromatic nitrogens is 1. The highest BCUT2D eigenvalue weighted by Crippen LogP contribution is 2.20. The van der Waals surface area contributed by atoms with Gasteiger partial charge in [0.2, 0.25) is 0 Å². The third kappa shape index (κ3) is 1.75. The number of anilines is 1. The van der Waals surface area contributed by atoms with Crippen LogP contribution in [0.5, 0.6) is 0 Å². The molecule has 2 heterocycles. The Labute approximate surface area is 84.1 Å². The van der Waals surface area contributed by atoms with Crippen LogP contribution < -0.4 is 10.6 Å². The highest BCUT2D eigenvalue weighted by Gasteiger charge is 2.20. The van der Waals surface area contributed by atoms with Crippen LogP contribution in [0.3, 0.4) is 0 Å². The van der Waals surface area contributed by atoms with E-state index in [-0.39, 0.29) is 0 Å². The van der Waals surface area contributed by atoms with E-state index in [2.05, 4.69) is 9.88 Å². The van der Waals surface area contributed by atoms with Crippen molar-refractivity contribution in [1.29, 1.82) is 0 Å². The smallest absolute Gasteiger partial charge is 0.297 e. The molecule has 0 amide bonds. The average molecular weight is 195 g/mol. The summed E-state index contributed by atoms with van der Waals surface area (Å²) in [5, 5.41) is 0. The fraction of sp³-hybridized carbons (Fsp3) is 0.700. The Hall–Kier alpha value is -1.03. The molecule has 1 aliphatic rings. The molecule has 0 aromatic carbocycles. The molecule has 2 N–H and O–H groups in total. The number of piperidine rings is 1. The van der Waals surface area contributed by atoms with Gasteiger partial charge < -0.3 is 15.1 Å². The van der Waals surface area contributed by atoms with E-state index in [9.17, 15) is 0 Å². The summed E-state index contributed by atoms with van der Waals surface area (Å²) in [7, 11) is 0. The van der Waals surface area contributed by atoms with Gasteiger partial charge in [-0.3, -0.25) is 0 Å². The Balaban J connectivity index is 2.08. The number of hydrogen-bond acceptors (Lipinski definition) is 4. The zero-order valence-corrected chi connectivity index (χ0v) is 8.79. The van der Waals surface area contributed by atoms with Crippen molar-refractivity contribution in [3.05, 3.63) is 11.5 Å². The van der Waals surface area contributed by atoms with Crippen LogP contribution in [-0.4, -0.2) is 24.1 Å². The van der Waals surface area contributed by atoms with Gasteiger partial charge in [-0.25, -0.2) is 0 Å². The predicted molar refractivity (Wildman–Crippen MR) is 55.4 cm³/mol. The van der Waals surface area contributed by atoms with E-state index in [0.717, 1.165) is 43.4 Å². The highest BCUT2D eigenvalue weighted by molar-refractivity contribution is 5.29. The summed E-state index contributed by atoms with van der Waals surface area (Å²) < 4.78 is 5.56. The standard InChI is InChI=1S/C10H17N3O/c1-7-8(2)14-10(12-7)13-5-3-9(11)4-6-13/h9H,3-6,11H2,1-2H3. The van der Waals surface area contributed by atoms with Crippen LogP contribution in [-0.2, 0) is 0 Å². The molecule has 78 valence electrons. The second kappa shape index (κ2) is 3.61. The Morgan fingerprint density at radius 3 is 2.50 bits per heavy atom. The van der Waals surface area contributed by atoms with Crippen molar-refractivity contribution in [3.8, 4) is 0 Å². The molecule has 2 rings (SSSR count). The minimum absolute atomic E-state index is 0.350. The molecular formula is C10H17N3O. The Kier molecular flexibility index (Phi) is 2.46. The first kappa shape index (κ1) is 9.52. The molecule has 1 aliphatic heterocycles. The molecular weight excluding hydrogens is 178 g/mol. The van der Waals surface area contributed by atoms with Crippen molar-refractivity contribution >= 4 is 6.01 Å². The number of oxazole rings is 1. The Morgan fingerprint density at radius 2 is 2.00 bits per heavy atom. The topological polar surface area (TPSA) is 55.3 Å². The molecule has 1 aromatic rings. The molecule has 0 bridgehead atoms. The number of rotatable bonds is 1. The van der Waals surface area contributed by atoms with Crippen LogP contribution in [0.1, 0.15) is 24.3 Å². The van der Waals surface area contributed by atoms with Crippen LogP contribution in [0.4, 0.5) is 6.01 Å². The first-order valence-corrected chi connectivity index (χ1v) is 5.11. The lowest BCUT2D eigenvalue weighted by Crippen LogP contribution is -2.39. The van der Waals surface area contributed by atoms with Gasteiger partial charge >= 0.3 is 0 Å². The van der Waals surface area contributed by atoms with Crippen LogP contribution in [0.2, 0.25) is 0 Å². The van der Waals surface area contributed by atoms with Gasteiger partial charge in [0.25, 0.3) is 6.01 Å². The molecule has 1 aromatic heterocycles.